The lowest BCUT2D eigenvalue weighted by Gasteiger charge is -2.04. The van der Waals surface area contributed by atoms with Crippen LogP contribution in [0.3, 0.4) is 0 Å². The molecule has 0 amide bonds. The molecule has 0 aliphatic rings. The maximum absolute atomic E-state index is 11.6. The second kappa shape index (κ2) is 2.94. The van der Waals surface area contributed by atoms with Crippen molar-refractivity contribution in [2.24, 2.45) is 0 Å². The minimum absolute atomic E-state index is 0.318. The SMILES string of the molecule is COc1ccc2ccccc2[n+]1[O-]. The van der Waals surface area contributed by atoms with Crippen LogP contribution in [-0.2, 0) is 0 Å². The molecule has 13 heavy (non-hydrogen) atoms. The Morgan fingerprint density at radius 1 is 1.15 bits per heavy atom. The molecule has 0 saturated carbocycles. The molecule has 2 aromatic rings. The summed E-state index contributed by atoms with van der Waals surface area (Å²) in [5.74, 6) is 0.318. The van der Waals surface area contributed by atoms with Crippen LogP contribution in [0.4, 0.5) is 0 Å². The van der Waals surface area contributed by atoms with Crippen LogP contribution in [0, 0.1) is 5.21 Å². The molecule has 0 saturated heterocycles. The van der Waals surface area contributed by atoms with Crippen LogP contribution in [0.25, 0.3) is 10.9 Å². The lowest BCUT2D eigenvalue weighted by Crippen LogP contribution is -2.29. The first-order chi connectivity index (χ1) is 6.33. The number of pyridine rings is 1. The lowest BCUT2D eigenvalue weighted by molar-refractivity contribution is -0.584. The third-order valence-electron chi connectivity index (χ3n) is 1.97. The summed E-state index contributed by atoms with van der Waals surface area (Å²) in [6.07, 6.45) is 0. The Morgan fingerprint density at radius 3 is 2.69 bits per heavy atom. The standard InChI is InChI=1S/C10H9NO2/c1-13-10-7-6-8-4-2-3-5-9(8)11(10)12/h2-7H,1H3. The van der Waals surface area contributed by atoms with E-state index in [1.807, 2.05) is 24.3 Å². The van der Waals surface area contributed by atoms with Gasteiger partial charge in [0.2, 0.25) is 5.52 Å². The topological polar surface area (TPSA) is 36.2 Å². The van der Waals surface area contributed by atoms with E-state index in [0.29, 0.717) is 11.4 Å². The summed E-state index contributed by atoms with van der Waals surface area (Å²) in [5.41, 5.74) is 0.627. The fourth-order valence-corrected chi connectivity index (χ4v) is 1.31. The average molecular weight is 175 g/mol. The van der Waals surface area contributed by atoms with Crippen molar-refractivity contribution < 1.29 is 9.47 Å². The van der Waals surface area contributed by atoms with E-state index in [-0.39, 0.29) is 0 Å². The summed E-state index contributed by atoms with van der Waals surface area (Å²) < 4.78 is 5.69. The zero-order valence-corrected chi connectivity index (χ0v) is 7.23. The second-order valence-corrected chi connectivity index (χ2v) is 2.73. The highest BCUT2D eigenvalue weighted by molar-refractivity contribution is 5.75. The van der Waals surface area contributed by atoms with E-state index in [2.05, 4.69) is 0 Å². The normalized spacial score (nSPS) is 10.2. The molecule has 0 spiro atoms. The Morgan fingerprint density at radius 2 is 1.92 bits per heavy atom. The highest BCUT2D eigenvalue weighted by Gasteiger charge is 2.08. The number of methoxy groups -OCH3 is 1. The summed E-state index contributed by atoms with van der Waals surface area (Å²) in [6.45, 7) is 0. The first-order valence-electron chi connectivity index (χ1n) is 3.98. The molecule has 0 aliphatic heterocycles. The molecule has 0 fully saturated rings. The summed E-state index contributed by atoms with van der Waals surface area (Å²) in [7, 11) is 1.48. The molecular weight excluding hydrogens is 166 g/mol. The smallest absolute Gasteiger partial charge is 0.379 e. The summed E-state index contributed by atoms with van der Waals surface area (Å²) in [5, 5.41) is 12.5. The molecule has 3 heteroatoms. The van der Waals surface area contributed by atoms with Crippen molar-refractivity contribution in [3.8, 4) is 5.88 Å². The highest BCUT2D eigenvalue weighted by Crippen LogP contribution is 2.12. The summed E-state index contributed by atoms with van der Waals surface area (Å²) >= 11 is 0. The summed E-state index contributed by atoms with van der Waals surface area (Å²) in [4.78, 5) is 0. The van der Waals surface area contributed by atoms with E-state index in [9.17, 15) is 5.21 Å². The molecule has 1 heterocycles. The van der Waals surface area contributed by atoms with Crippen LogP contribution in [0.15, 0.2) is 36.4 Å². The van der Waals surface area contributed by atoms with Crippen molar-refractivity contribution in [2.45, 2.75) is 0 Å². The number of aromatic nitrogens is 1. The Labute approximate surface area is 75.8 Å². The first kappa shape index (κ1) is 7.86. The van der Waals surface area contributed by atoms with Crippen LogP contribution in [0.5, 0.6) is 5.88 Å². The van der Waals surface area contributed by atoms with Gasteiger partial charge in [0.25, 0.3) is 0 Å². The van der Waals surface area contributed by atoms with Gasteiger partial charge in [0, 0.05) is 11.5 Å². The number of fused-ring (bicyclic) bond motifs is 1. The van der Waals surface area contributed by atoms with E-state index < -0.39 is 0 Å². The van der Waals surface area contributed by atoms with E-state index in [1.54, 1.807) is 12.1 Å². The van der Waals surface area contributed by atoms with Gasteiger partial charge in [-0.1, -0.05) is 12.1 Å². The fourth-order valence-electron chi connectivity index (χ4n) is 1.31. The van der Waals surface area contributed by atoms with Gasteiger partial charge in [-0.15, -0.1) is 4.73 Å². The van der Waals surface area contributed by atoms with Gasteiger partial charge in [0.15, 0.2) is 0 Å². The van der Waals surface area contributed by atoms with Crippen molar-refractivity contribution in [1.29, 1.82) is 0 Å². The number of para-hydroxylation sites is 1. The van der Waals surface area contributed by atoms with Crippen molar-refractivity contribution >= 4 is 10.9 Å². The zero-order chi connectivity index (χ0) is 9.26. The van der Waals surface area contributed by atoms with E-state index in [0.717, 1.165) is 10.1 Å². The molecule has 66 valence electrons. The second-order valence-electron chi connectivity index (χ2n) is 2.73. The van der Waals surface area contributed by atoms with Gasteiger partial charge in [-0.2, -0.15) is 0 Å². The molecule has 0 atom stereocenters. The van der Waals surface area contributed by atoms with Gasteiger partial charge in [0.1, 0.15) is 0 Å². The first-order valence-corrected chi connectivity index (χ1v) is 3.98. The third kappa shape index (κ3) is 1.18. The lowest BCUT2D eigenvalue weighted by atomic mass is 10.2. The van der Waals surface area contributed by atoms with Gasteiger partial charge in [-0.3, -0.25) is 0 Å². The van der Waals surface area contributed by atoms with Crippen LogP contribution in [-0.4, -0.2) is 7.11 Å². The maximum Gasteiger partial charge on any atom is 0.379 e. The molecule has 0 radical (unpaired) electrons. The molecule has 0 unspecified atom stereocenters. The average Bonchev–Trinajstić information content (AvgIpc) is 2.19. The molecule has 0 aliphatic carbocycles. The number of hydrogen-bond donors (Lipinski definition) is 0. The molecule has 3 nitrogen and oxygen atoms in total. The highest BCUT2D eigenvalue weighted by atomic mass is 16.5. The maximum atomic E-state index is 11.6. The van der Waals surface area contributed by atoms with E-state index in [4.69, 9.17) is 4.74 Å². The van der Waals surface area contributed by atoms with E-state index >= 15 is 0 Å². The molecular formula is C10H9NO2. The molecule has 0 bridgehead atoms. The van der Waals surface area contributed by atoms with Crippen molar-refractivity contribution in [2.75, 3.05) is 7.11 Å². The fraction of sp³-hybridized carbons (Fsp3) is 0.100. The zero-order valence-electron chi connectivity index (χ0n) is 7.23. The third-order valence-corrected chi connectivity index (χ3v) is 1.97. The minimum atomic E-state index is 0.318. The van der Waals surface area contributed by atoms with Crippen molar-refractivity contribution in [3.63, 3.8) is 0 Å². The molecule has 2 rings (SSSR count). The number of ether oxygens (including phenoxy) is 1. The van der Waals surface area contributed by atoms with Gasteiger partial charge < -0.3 is 9.94 Å². The Kier molecular flexibility index (Phi) is 1.77. The van der Waals surface area contributed by atoms with Crippen molar-refractivity contribution in [3.05, 3.63) is 41.6 Å². The van der Waals surface area contributed by atoms with Crippen LogP contribution < -0.4 is 9.47 Å². The van der Waals surface area contributed by atoms with Crippen LogP contribution in [0.1, 0.15) is 0 Å². The van der Waals surface area contributed by atoms with E-state index in [1.165, 1.54) is 7.11 Å². The predicted molar refractivity (Wildman–Crippen MR) is 49.5 cm³/mol. The Bertz CT molecular complexity index is 440. The summed E-state index contributed by atoms with van der Waals surface area (Å²) in [6, 6.07) is 10.9. The largest absolute Gasteiger partial charge is 0.616 e. The number of benzene rings is 1. The quantitative estimate of drug-likeness (QED) is 0.486. The number of hydrogen-bond acceptors (Lipinski definition) is 2. The van der Waals surface area contributed by atoms with Gasteiger partial charge >= 0.3 is 5.88 Å². The van der Waals surface area contributed by atoms with Gasteiger partial charge in [-0.25, -0.2) is 0 Å². The molecule has 1 aromatic heterocycles. The van der Waals surface area contributed by atoms with Gasteiger partial charge in [0.05, 0.1) is 13.2 Å². The molecule has 1 aromatic carbocycles. The minimum Gasteiger partial charge on any atom is -0.616 e. The van der Waals surface area contributed by atoms with Crippen LogP contribution >= 0.6 is 0 Å². The Balaban J connectivity index is 2.79. The van der Waals surface area contributed by atoms with Crippen molar-refractivity contribution in [1.82, 2.24) is 0 Å². The van der Waals surface area contributed by atoms with Crippen LogP contribution in [0.2, 0.25) is 0 Å². The number of nitrogens with zero attached hydrogens (tertiary/aromatic N) is 1. The predicted octanol–water partition coefficient (Wildman–Crippen LogP) is 1.48. The van der Waals surface area contributed by atoms with Gasteiger partial charge in [-0.05, 0) is 12.1 Å². The molecule has 0 N–H and O–H groups in total. The number of rotatable bonds is 1. The monoisotopic (exact) mass is 175 g/mol. The Hall–Kier alpha value is -1.77.